The third kappa shape index (κ3) is 3.29. The molecule has 1 saturated heterocycles. The molecule has 1 fully saturated rings. The molecule has 0 spiro atoms. The van der Waals surface area contributed by atoms with Crippen molar-refractivity contribution in [2.24, 2.45) is 5.92 Å². The van der Waals surface area contributed by atoms with Crippen LogP contribution in [0.5, 0.6) is 5.75 Å². The average Bonchev–Trinajstić information content (AvgIpc) is 2.47. The van der Waals surface area contributed by atoms with Crippen molar-refractivity contribution >= 4 is 21.6 Å². The van der Waals surface area contributed by atoms with Gasteiger partial charge in [0.05, 0.1) is 11.6 Å². The molecule has 2 rings (SSSR count). The van der Waals surface area contributed by atoms with E-state index in [1.807, 2.05) is 0 Å². The Hall–Kier alpha value is -0.740. The first-order chi connectivity index (χ1) is 9.56. The molecule has 2 atom stereocenters. The second-order valence-corrected chi connectivity index (χ2v) is 6.65. The van der Waals surface area contributed by atoms with E-state index in [9.17, 15) is 0 Å². The number of methoxy groups -OCH3 is 1. The van der Waals surface area contributed by atoms with E-state index in [-0.39, 0.29) is 0 Å². The van der Waals surface area contributed by atoms with Crippen molar-refractivity contribution in [3.8, 4) is 5.75 Å². The minimum atomic E-state index is 0.531. The number of ether oxygens (including phenoxy) is 1. The van der Waals surface area contributed by atoms with Gasteiger partial charge in [-0.15, -0.1) is 0 Å². The van der Waals surface area contributed by atoms with Crippen LogP contribution in [0, 0.1) is 5.92 Å². The molecule has 1 aromatic rings. The summed E-state index contributed by atoms with van der Waals surface area (Å²) < 4.78 is 6.44. The summed E-state index contributed by atoms with van der Waals surface area (Å²) in [6, 6.07) is 7.50. The fourth-order valence-corrected chi connectivity index (χ4v) is 3.24. The average molecular weight is 341 g/mol. The molecule has 112 valence electrons. The Morgan fingerprint density at radius 3 is 2.80 bits per heavy atom. The topological polar surface area (TPSA) is 24.5 Å². The van der Waals surface area contributed by atoms with Crippen LogP contribution in [0.25, 0.3) is 0 Å². The van der Waals surface area contributed by atoms with Crippen LogP contribution in [-0.2, 0) is 0 Å². The van der Waals surface area contributed by atoms with Gasteiger partial charge in [-0.25, -0.2) is 0 Å². The van der Waals surface area contributed by atoms with Crippen molar-refractivity contribution in [2.75, 3.05) is 25.1 Å². The normalized spacial score (nSPS) is 23.2. The van der Waals surface area contributed by atoms with Crippen LogP contribution in [-0.4, -0.2) is 32.3 Å². The number of piperazine rings is 1. The van der Waals surface area contributed by atoms with Crippen LogP contribution in [0.15, 0.2) is 22.7 Å². The first-order valence-electron chi connectivity index (χ1n) is 7.40. The number of benzene rings is 1. The summed E-state index contributed by atoms with van der Waals surface area (Å²) in [4.78, 5) is 2.53. The van der Waals surface area contributed by atoms with E-state index in [2.05, 4.69) is 65.1 Å². The lowest BCUT2D eigenvalue weighted by atomic mass is 9.97. The van der Waals surface area contributed by atoms with E-state index < -0.39 is 0 Å². The molecule has 0 bridgehead atoms. The standard InChI is InChI=1S/C16H25BrN2O/c1-5-12-10-19(15(9-18-12)11(2)3)13-6-7-14(17)16(8-13)20-4/h6-8,11-12,15,18H,5,9-10H2,1-4H3. The zero-order valence-corrected chi connectivity index (χ0v) is 14.4. The molecule has 20 heavy (non-hydrogen) atoms. The third-order valence-corrected chi connectivity index (χ3v) is 4.82. The van der Waals surface area contributed by atoms with Gasteiger partial charge in [-0.05, 0) is 40.4 Å². The van der Waals surface area contributed by atoms with Crippen molar-refractivity contribution in [3.63, 3.8) is 0 Å². The van der Waals surface area contributed by atoms with Crippen LogP contribution in [0.4, 0.5) is 5.69 Å². The summed E-state index contributed by atoms with van der Waals surface area (Å²) in [7, 11) is 1.72. The molecule has 3 nitrogen and oxygen atoms in total. The van der Waals surface area contributed by atoms with Gasteiger partial charge in [0, 0.05) is 36.9 Å². The van der Waals surface area contributed by atoms with Gasteiger partial charge in [0.1, 0.15) is 5.75 Å². The van der Waals surface area contributed by atoms with Crippen molar-refractivity contribution in [1.29, 1.82) is 0 Å². The van der Waals surface area contributed by atoms with Crippen molar-refractivity contribution in [3.05, 3.63) is 22.7 Å². The highest BCUT2D eigenvalue weighted by Gasteiger charge is 2.29. The number of nitrogens with one attached hydrogen (secondary N) is 1. The lowest BCUT2D eigenvalue weighted by Gasteiger charge is -2.44. The molecule has 1 N–H and O–H groups in total. The van der Waals surface area contributed by atoms with Crippen molar-refractivity contribution in [1.82, 2.24) is 5.32 Å². The Morgan fingerprint density at radius 2 is 2.20 bits per heavy atom. The molecule has 0 radical (unpaired) electrons. The number of rotatable bonds is 4. The second kappa shape index (κ2) is 6.81. The maximum Gasteiger partial charge on any atom is 0.135 e. The van der Waals surface area contributed by atoms with Gasteiger partial charge >= 0.3 is 0 Å². The fourth-order valence-electron chi connectivity index (χ4n) is 2.83. The maximum atomic E-state index is 5.44. The lowest BCUT2D eigenvalue weighted by Crippen LogP contribution is -2.58. The van der Waals surface area contributed by atoms with E-state index >= 15 is 0 Å². The molecule has 0 saturated carbocycles. The Kier molecular flexibility index (Phi) is 5.33. The quantitative estimate of drug-likeness (QED) is 0.904. The molecule has 2 unspecified atom stereocenters. The molecule has 0 aliphatic carbocycles. The van der Waals surface area contributed by atoms with Gasteiger partial charge in [0.15, 0.2) is 0 Å². The molecule has 4 heteroatoms. The summed E-state index contributed by atoms with van der Waals surface area (Å²) in [5.41, 5.74) is 1.25. The molecule has 1 aliphatic heterocycles. The summed E-state index contributed by atoms with van der Waals surface area (Å²) >= 11 is 3.53. The zero-order chi connectivity index (χ0) is 14.7. The molecule has 0 amide bonds. The molecule has 0 aromatic heterocycles. The highest BCUT2D eigenvalue weighted by molar-refractivity contribution is 9.10. The first-order valence-corrected chi connectivity index (χ1v) is 8.19. The highest BCUT2D eigenvalue weighted by Crippen LogP contribution is 2.32. The predicted octanol–water partition coefficient (Wildman–Crippen LogP) is 3.67. The largest absolute Gasteiger partial charge is 0.495 e. The van der Waals surface area contributed by atoms with E-state index in [0.717, 1.165) is 29.7 Å². The van der Waals surface area contributed by atoms with E-state index in [0.29, 0.717) is 18.0 Å². The lowest BCUT2D eigenvalue weighted by molar-refractivity contribution is 0.333. The Labute approximate surface area is 130 Å². The highest BCUT2D eigenvalue weighted by atomic mass is 79.9. The Morgan fingerprint density at radius 1 is 1.45 bits per heavy atom. The summed E-state index contributed by atoms with van der Waals surface area (Å²) in [5.74, 6) is 1.52. The number of anilines is 1. The SMILES string of the molecule is CCC1CN(c2ccc(Br)c(OC)c2)C(C(C)C)CN1. The minimum Gasteiger partial charge on any atom is -0.495 e. The van der Waals surface area contributed by atoms with Crippen LogP contribution in [0.1, 0.15) is 27.2 Å². The molecular formula is C16H25BrN2O. The first kappa shape index (κ1) is 15.6. The van der Waals surface area contributed by atoms with Crippen LogP contribution < -0.4 is 15.0 Å². The van der Waals surface area contributed by atoms with Gasteiger partial charge in [0.25, 0.3) is 0 Å². The maximum absolute atomic E-state index is 5.44. The summed E-state index contributed by atoms with van der Waals surface area (Å²) in [6.45, 7) is 8.94. The smallest absolute Gasteiger partial charge is 0.135 e. The molecule has 1 aromatic carbocycles. The van der Waals surface area contributed by atoms with Gasteiger partial charge < -0.3 is 15.0 Å². The second-order valence-electron chi connectivity index (χ2n) is 5.80. The fraction of sp³-hybridized carbons (Fsp3) is 0.625. The zero-order valence-electron chi connectivity index (χ0n) is 12.8. The van der Waals surface area contributed by atoms with Crippen LogP contribution >= 0.6 is 15.9 Å². The number of halogens is 1. The van der Waals surface area contributed by atoms with Gasteiger partial charge in [-0.3, -0.25) is 0 Å². The van der Waals surface area contributed by atoms with Gasteiger partial charge in [-0.1, -0.05) is 20.8 Å². The number of nitrogens with zero attached hydrogens (tertiary/aromatic N) is 1. The summed E-state index contributed by atoms with van der Waals surface area (Å²) in [6.07, 6.45) is 1.16. The molecule has 1 aliphatic rings. The van der Waals surface area contributed by atoms with Gasteiger partial charge in [-0.2, -0.15) is 0 Å². The van der Waals surface area contributed by atoms with E-state index in [1.54, 1.807) is 7.11 Å². The van der Waals surface area contributed by atoms with Gasteiger partial charge in [0.2, 0.25) is 0 Å². The van der Waals surface area contributed by atoms with Crippen molar-refractivity contribution < 1.29 is 4.74 Å². The number of hydrogen-bond donors (Lipinski definition) is 1. The molecule has 1 heterocycles. The monoisotopic (exact) mass is 340 g/mol. The van der Waals surface area contributed by atoms with Crippen LogP contribution in [0.3, 0.4) is 0 Å². The third-order valence-electron chi connectivity index (χ3n) is 4.16. The molecular weight excluding hydrogens is 316 g/mol. The Balaban J connectivity index is 2.29. The van der Waals surface area contributed by atoms with E-state index in [1.165, 1.54) is 5.69 Å². The van der Waals surface area contributed by atoms with Crippen molar-refractivity contribution in [2.45, 2.75) is 39.3 Å². The minimum absolute atomic E-state index is 0.531. The predicted molar refractivity (Wildman–Crippen MR) is 88.7 cm³/mol. The van der Waals surface area contributed by atoms with E-state index in [4.69, 9.17) is 4.74 Å². The summed E-state index contributed by atoms with van der Waals surface area (Å²) in [5, 5.41) is 3.66. The van der Waals surface area contributed by atoms with Crippen LogP contribution in [0.2, 0.25) is 0 Å². The number of hydrogen-bond acceptors (Lipinski definition) is 3. The Bertz CT molecular complexity index is 450.